The van der Waals surface area contributed by atoms with Crippen molar-refractivity contribution in [2.75, 3.05) is 13.2 Å². The predicted octanol–water partition coefficient (Wildman–Crippen LogP) is 6.68. The van der Waals surface area contributed by atoms with Crippen LogP contribution >= 0.6 is 7.82 Å². The van der Waals surface area contributed by atoms with Gasteiger partial charge < -0.3 is 19.1 Å². The fourth-order valence-corrected chi connectivity index (χ4v) is 13.1. The summed E-state index contributed by atoms with van der Waals surface area (Å²) in [6, 6.07) is -0.762. The summed E-state index contributed by atoms with van der Waals surface area (Å²) < 4.78 is 45.1. The van der Waals surface area contributed by atoms with E-state index in [0.717, 1.165) is 32.3 Å². The minimum absolute atomic E-state index is 0.0196. The molecule has 2 N–H and O–H groups in total. The van der Waals surface area contributed by atoms with Crippen LogP contribution in [0.5, 0.6) is 0 Å². The Bertz CT molecular complexity index is 1820. The first-order chi connectivity index (χ1) is 24.7. The van der Waals surface area contributed by atoms with Crippen molar-refractivity contribution in [2.24, 2.45) is 51.5 Å². The van der Waals surface area contributed by atoms with E-state index in [-0.39, 0.29) is 30.0 Å². The molecule has 7 aliphatic rings. The SMILES string of the molecule is Cc1cn([C@H]2C[C@H](N=[N+]=[N-])[C@@H](COP(=O)(O)O[C@H]3CC[C@@]4(C)C(=CC[C@H]5[C@@H]6C[C@@H]7O[C@]8(CCC(C)CO8)[C@@H](C)[C@@H]7[C@@]6(C)CC[C@@H]54)C3)O2)c(=O)[nH]c1=O. The van der Waals surface area contributed by atoms with Gasteiger partial charge in [-0.05, 0) is 104 Å². The zero-order valence-corrected chi connectivity index (χ0v) is 31.8. The van der Waals surface area contributed by atoms with Crippen LogP contribution in [0.2, 0.25) is 0 Å². The van der Waals surface area contributed by atoms with E-state index in [4.69, 9.17) is 28.8 Å². The zero-order chi connectivity index (χ0) is 36.8. The number of aromatic nitrogens is 2. The molecule has 8 rings (SSSR count). The van der Waals surface area contributed by atoms with Gasteiger partial charge in [-0.1, -0.05) is 44.5 Å². The normalized spacial score (nSPS) is 46.3. The van der Waals surface area contributed by atoms with Crippen LogP contribution in [0.1, 0.15) is 104 Å². The third-order valence-corrected chi connectivity index (χ3v) is 15.9. The molecule has 3 saturated heterocycles. The fraction of sp³-hybridized carbons (Fsp3) is 0.838. The van der Waals surface area contributed by atoms with Gasteiger partial charge in [-0.3, -0.25) is 23.4 Å². The number of rotatable bonds is 7. The van der Waals surface area contributed by atoms with Crippen LogP contribution < -0.4 is 11.2 Å². The van der Waals surface area contributed by atoms with Gasteiger partial charge in [0.25, 0.3) is 5.56 Å². The molecule has 1 aromatic rings. The topological polar surface area (TPSA) is 187 Å². The van der Waals surface area contributed by atoms with Crippen molar-refractivity contribution in [1.82, 2.24) is 9.55 Å². The Kier molecular flexibility index (Phi) is 9.30. The van der Waals surface area contributed by atoms with Crippen molar-refractivity contribution in [3.05, 3.63) is 54.7 Å². The molecule has 286 valence electrons. The van der Waals surface area contributed by atoms with Crippen LogP contribution in [-0.2, 0) is 27.8 Å². The first kappa shape index (κ1) is 36.7. The summed E-state index contributed by atoms with van der Waals surface area (Å²) in [4.78, 5) is 40.2. The molecule has 3 aliphatic heterocycles. The molecular formula is C37H54N5O9P. The lowest BCUT2D eigenvalue weighted by Crippen LogP contribution is -2.52. The van der Waals surface area contributed by atoms with E-state index in [0.29, 0.717) is 53.9 Å². The molecule has 1 aromatic heterocycles. The number of ether oxygens (including phenoxy) is 3. The Labute approximate surface area is 304 Å². The molecule has 0 amide bonds. The van der Waals surface area contributed by atoms with Crippen molar-refractivity contribution in [2.45, 2.75) is 135 Å². The lowest BCUT2D eigenvalue weighted by atomic mass is 9.47. The largest absolute Gasteiger partial charge is 0.472 e. The van der Waals surface area contributed by atoms with Crippen molar-refractivity contribution in [3.8, 4) is 0 Å². The van der Waals surface area contributed by atoms with Crippen molar-refractivity contribution in [3.63, 3.8) is 0 Å². The molecule has 6 fully saturated rings. The number of allylic oxidation sites excluding steroid dienone is 1. The summed E-state index contributed by atoms with van der Waals surface area (Å²) in [5.41, 5.74) is 9.85. The molecule has 4 heterocycles. The molecule has 2 unspecified atom stereocenters. The van der Waals surface area contributed by atoms with Gasteiger partial charge in [-0.15, -0.1) is 0 Å². The van der Waals surface area contributed by atoms with E-state index in [1.54, 1.807) is 6.92 Å². The molecule has 14 nitrogen and oxygen atoms in total. The number of nitrogens with one attached hydrogen (secondary N) is 1. The lowest BCUT2D eigenvalue weighted by Gasteiger charge is -2.58. The summed E-state index contributed by atoms with van der Waals surface area (Å²) in [6.45, 7) is 11.6. The number of nitrogens with zero attached hydrogens (tertiary/aromatic N) is 4. The van der Waals surface area contributed by atoms with E-state index in [1.807, 2.05) is 0 Å². The molecule has 3 saturated carbocycles. The maximum absolute atomic E-state index is 13.3. The highest BCUT2D eigenvalue weighted by Crippen LogP contribution is 2.71. The zero-order valence-electron chi connectivity index (χ0n) is 30.9. The summed E-state index contributed by atoms with van der Waals surface area (Å²) >= 11 is 0. The number of aromatic amines is 1. The van der Waals surface area contributed by atoms with Crippen molar-refractivity contribution in [1.29, 1.82) is 0 Å². The second-order valence-electron chi connectivity index (χ2n) is 17.6. The highest BCUT2D eigenvalue weighted by molar-refractivity contribution is 7.47. The Balaban J connectivity index is 0.903. The maximum atomic E-state index is 13.3. The van der Waals surface area contributed by atoms with Gasteiger partial charge in [0.1, 0.15) is 6.23 Å². The van der Waals surface area contributed by atoms with E-state index in [9.17, 15) is 19.0 Å². The molecule has 0 bridgehead atoms. The molecule has 15 heteroatoms. The van der Waals surface area contributed by atoms with Gasteiger partial charge in [0.2, 0.25) is 0 Å². The molecule has 4 aliphatic carbocycles. The number of hydrogen-bond acceptors (Lipinski definition) is 9. The highest BCUT2D eigenvalue weighted by Gasteiger charge is 2.68. The number of phosphoric ester groups is 1. The standard InChI is InChI=1S/C37H54N5O9P/c1-20-8-13-37(47-18-20)22(3)32-29(50-37)15-27-25-7-6-23-14-24(9-11-35(23,4)26(25)10-12-36(27,32)5)51-52(45,46)48-19-30-28(40-41-38)16-31(49-30)42-17-21(2)33(43)39-34(42)44/h6,17,20,22,24-32H,7-16,18-19H2,1-5H3,(H,45,46)(H,39,43,44)/t20?,22-,24-,25+,26-,27-,28-,29-,30+,31+,32-,35-,36-,37+/m0/s1. The summed E-state index contributed by atoms with van der Waals surface area (Å²) in [5.74, 6) is 2.86. The molecular weight excluding hydrogens is 689 g/mol. The van der Waals surface area contributed by atoms with Gasteiger partial charge in [-0.25, -0.2) is 9.36 Å². The van der Waals surface area contributed by atoms with E-state index < -0.39 is 49.3 Å². The van der Waals surface area contributed by atoms with Gasteiger partial charge in [-0.2, -0.15) is 0 Å². The first-order valence-corrected chi connectivity index (χ1v) is 20.8. The fourth-order valence-electron chi connectivity index (χ4n) is 12.1. The Morgan fingerprint density at radius 3 is 2.71 bits per heavy atom. The molecule has 1 spiro atoms. The van der Waals surface area contributed by atoms with Gasteiger partial charge in [0, 0.05) is 35.4 Å². The van der Waals surface area contributed by atoms with Crippen LogP contribution in [0, 0.1) is 53.3 Å². The smallest absolute Gasteiger partial charge is 0.352 e. The number of azide groups is 1. The third-order valence-electron chi connectivity index (χ3n) is 14.9. The molecule has 15 atom stereocenters. The maximum Gasteiger partial charge on any atom is 0.472 e. The number of fused-ring (bicyclic) bond motifs is 7. The van der Waals surface area contributed by atoms with E-state index >= 15 is 0 Å². The van der Waals surface area contributed by atoms with Crippen LogP contribution in [0.15, 0.2) is 32.5 Å². The number of phosphoric acid groups is 1. The lowest BCUT2D eigenvalue weighted by molar-refractivity contribution is -0.272. The van der Waals surface area contributed by atoms with Crippen molar-refractivity contribution >= 4 is 7.82 Å². The van der Waals surface area contributed by atoms with Gasteiger partial charge in [0.05, 0.1) is 37.6 Å². The third kappa shape index (κ3) is 6.00. The van der Waals surface area contributed by atoms with Crippen LogP contribution in [-0.4, -0.2) is 57.8 Å². The monoisotopic (exact) mass is 743 g/mol. The van der Waals surface area contributed by atoms with Crippen molar-refractivity contribution < 1.29 is 32.7 Å². The second-order valence-corrected chi connectivity index (χ2v) is 19.0. The second kappa shape index (κ2) is 13.2. The van der Waals surface area contributed by atoms with E-state index in [2.05, 4.69) is 48.8 Å². The minimum Gasteiger partial charge on any atom is -0.352 e. The van der Waals surface area contributed by atoms with E-state index in [1.165, 1.54) is 35.6 Å². The highest BCUT2D eigenvalue weighted by atomic mass is 31.2. The number of H-pyrrole nitrogens is 1. The first-order valence-electron chi connectivity index (χ1n) is 19.3. The van der Waals surface area contributed by atoms with Gasteiger partial charge >= 0.3 is 13.5 Å². The predicted molar refractivity (Wildman–Crippen MR) is 190 cm³/mol. The quantitative estimate of drug-likeness (QED) is 0.101. The average molecular weight is 744 g/mol. The molecule has 52 heavy (non-hydrogen) atoms. The Morgan fingerprint density at radius 2 is 1.96 bits per heavy atom. The average Bonchev–Trinajstić information content (AvgIpc) is 3.72. The minimum atomic E-state index is -4.51. The van der Waals surface area contributed by atoms with Gasteiger partial charge in [0.15, 0.2) is 5.79 Å². The number of aryl methyl sites for hydroxylation is 1. The Hall–Kier alpha value is -2.28. The van der Waals surface area contributed by atoms with Crippen LogP contribution in [0.4, 0.5) is 0 Å². The van der Waals surface area contributed by atoms with Crippen LogP contribution in [0.3, 0.4) is 0 Å². The Morgan fingerprint density at radius 1 is 1.15 bits per heavy atom. The number of hydrogen-bond donors (Lipinski definition) is 2. The van der Waals surface area contributed by atoms with Crippen LogP contribution in [0.25, 0.3) is 10.4 Å². The summed E-state index contributed by atoms with van der Waals surface area (Å²) in [7, 11) is -4.51. The molecule has 0 radical (unpaired) electrons. The molecule has 0 aromatic carbocycles. The summed E-state index contributed by atoms with van der Waals surface area (Å²) in [5, 5.41) is 3.78. The summed E-state index contributed by atoms with van der Waals surface area (Å²) in [6.07, 6.45) is 10.7.